The van der Waals surface area contributed by atoms with Gasteiger partial charge in [0.2, 0.25) is 0 Å². The first kappa shape index (κ1) is 10.6. The van der Waals surface area contributed by atoms with Crippen LogP contribution in [0.25, 0.3) is 10.9 Å². The molecule has 0 atom stereocenters. The molecule has 0 unspecified atom stereocenters. The summed E-state index contributed by atoms with van der Waals surface area (Å²) in [6, 6.07) is 6.76. The molecule has 2 aromatic rings. The first-order valence-electron chi connectivity index (χ1n) is 4.07. The lowest BCUT2D eigenvalue weighted by atomic mass is 10.1. The summed E-state index contributed by atoms with van der Waals surface area (Å²) in [6.45, 7) is 0. The number of carboxylic acids is 1. The molecule has 0 radical (unpaired) electrons. The number of carbonyl (C=O) groups is 1. The number of fused-ring (bicyclic) bond motifs is 1. The van der Waals surface area contributed by atoms with Crippen molar-refractivity contribution >= 4 is 51.1 Å². The van der Waals surface area contributed by atoms with Gasteiger partial charge in [0.05, 0.1) is 11.1 Å². The average Bonchev–Trinajstić information content (AvgIpc) is 2.17. The van der Waals surface area contributed by atoms with Crippen LogP contribution in [0.15, 0.2) is 24.3 Å². The monoisotopic (exact) mass is 333 g/mol. The Morgan fingerprint density at radius 3 is 2.80 bits per heavy atom. The second-order valence-electron chi connectivity index (χ2n) is 2.96. The van der Waals surface area contributed by atoms with E-state index >= 15 is 0 Å². The molecule has 2 rings (SSSR count). The van der Waals surface area contributed by atoms with E-state index in [1.54, 1.807) is 12.1 Å². The smallest absolute Gasteiger partial charge is 0.336 e. The van der Waals surface area contributed by atoms with Gasteiger partial charge in [-0.05, 0) is 46.9 Å². The standard InChI is InChI=1S/C10H5ClINO2/c11-9-4-7(10(14)15)6-3-5(12)1-2-8(6)13-9/h1-4H,(H,14,15). The van der Waals surface area contributed by atoms with Crippen LogP contribution in [0.2, 0.25) is 5.15 Å². The van der Waals surface area contributed by atoms with E-state index in [-0.39, 0.29) is 10.7 Å². The first-order chi connectivity index (χ1) is 7.08. The molecule has 1 aromatic carbocycles. The number of aromatic carboxylic acids is 1. The largest absolute Gasteiger partial charge is 0.478 e. The molecular weight excluding hydrogens is 328 g/mol. The van der Waals surface area contributed by atoms with Crippen molar-refractivity contribution in [2.45, 2.75) is 0 Å². The third-order valence-corrected chi connectivity index (χ3v) is 2.83. The van der Waals surface area contributed by atoms with E-state index in [4.69, 9.17) is 16.7 Å². The molecule has 0 aliphatic rings. The Bertz CT molecular complexity index is 556. The Kier molecular flexibility index (Phi) is 2.79. The number of benzene rings is 1. The van der Waals surface area contributed by atoms with Crippen molar-refractivity contribution in [1.29, 1.82) is 0 Å². The van der Waals surface area contributed by atoms with Gasteiger partial charge < -0.3 is 5.11 Å². The maximum Gasteiger partial charge on any atom is 0.336 e. The lowest BCUT2D eigenvalue weighted by molar-refractivity contribution is 0.0699. The minimum Gasteiger partial charge on any atom is -0.478 e. The zero-order valence-electron chi connectivity index (χ0n) is 7.37. The summed E-state index contributed by atoms with van der Waals surface area (Å²) in [5, 5.41) is 9.81. The van der Waals surface area contributed by atoms with Crippen LogP contribution in [0, 0.1) is 3.57 Å². The van der Waals surface area contributed by atoms with Crippen LogP contribution in [0.1, 0.15) is 10.4 Å². The number of nitrogens with zero attached hydrogens (tertiary/aromatic N) is 1. The van der Waals surface area contributed by atoms with Crippen LogP contribution >= 0.6 is 34.2 Å². The lowest BCUT2D eigenvalue weighted by Crippen LogP contribution is -1.99. The fourth-order valence-corrected chi connectivity index (χ4v) is 2.03. The van der Waals surface area contributed by atoms with Gasteiger partial charge in [0.1, 0.15) is 5.15 Å². The molecule has 0 spiro atoms. The molecule has 15 heavy (non-hydrogen) atoms. The predicted octanol–water partition coefficient (Wildman–Crippen LogP) is 3.19. The van der Waals surface area contributed by atoms with Gasteiger partial charge in [-0.2, -0.15) is 0 Å². The molecule has 0 aliphatic heterocycles. The fraction of sp³-hybridized carbons (Fsp3) is 0. The minimum absolute atomic E-state index is 0.184. The third-order valence-electron chi connectivity index (χ3n) is 1.97. The maximum atomic E-state index is 11.0. The zero-order valence-corrected chi connectivity index (χ0v) is 10.3. The summed E-state index contributed by atoms with van der Waals surface area (Å²) >= 11 is 7.85. The van der Waals surface area contributed by atoms with Crippen molar-refractivity contribution in [1.82, 2.24) is 4.98 Å². The highest BCUT2D eigenvalue weighted by molar-refractivity contribution is 14.1. The quantitative estimate of drug-likeness (QED) is 0.644. The van der Waals surface area contributed by atoms with Gasteiger partial charge in [0.25, 0.3) is 0 Å². The summed E-state index contributed by atoms with van der Waals surface area (Å²) < 4.78 is 0.965. The van der Waals surface area contributed by atoms with E-state index in [1.807, 2.05) is 6.07 Å². The number of pyridine rings is 1. The van der Waals surface area contributed by atoms with Gasteiger partial charge in [-0.25, -0.2) is 9.78 Å². The number of rotatable bonds is 1. The molecule has 0 aliphatic carbocycles. The summed E-state index contributed by atoms with van der Waals surface area (Å²) in [6.07, 6.45) is 0. The molecule has 76 valence electrons. The van der Waals surface area contributed by atoms with Crippen molar-refractivity contribution in [2.24, 2.45) is 0 Å². The number of hydrogen-bond acceptors (Lipinski definition) is 2. The first-order valence-corrected chi connectivity index (χ1v) is 5.53. The summed E-state index contributed by atoms with van der Waals surface area (Å²) in [7, 11) is 0. The van der Waals surface area contributed by atoms with Crippen LogP contribution < -0.4 is 0 Å². The summed E-state index contributed by atoms with van der Waals surface area (Å²) in [5.41, 5.74) is 0.781. The van der Waals surface area contributed by atoms with Gasteiger partial charge in [0.15, 0.2) is 0 Å². The Morgan fingerprint density at radius 2 is 2.13 bits per heavy atom. The number of halogens is 2. The molecule has 0 fully saturated rings. The van der Waals surface area contributed by atoms with Crippen LogP contribution in [0.4, 0.5) is 0 Å². The van der Waals surface area contributed by atoms with Crippen molar-refractivity contribution in [3.8, 4) is 0 Å². The SMILES string of the molecule is O=C(O)c1cc(Cl)nc2ccc(I)cc12. The van der Waals surface area contributed by atoms with Gasteiger partial charge in [-0.1, -0.05) is 11.6 Å². The molecule has 1 aromatic heterocycles. The Balaban J connectivity index is 2.87. The maximum absolute atomic E-state index is 11.0. The minimum atomic E-state index is -0.994. The van der Waals surface area contributed by atoms with E-state index in [2.05, 4.69) is 27.6 Å². The molecule has 5 heteroatoms. The van der Waals surface area contributed by atoms with Crippen LogP contribution in [-0.2, 0) is 0 Å². The van der Waals surface area contributed by atoms with E-state index < -0.39 is 5.97 Å². The Hall–Kier alpha value is -0.880. The summed E-state index contributed by atoms with van der Waals surface area (Å²) in [4.78, 5) is 15.0. The van der Waals surface area contributed by atoms with E-state index in [0.717, 1.165) is 3.57 Å². The van der Waals surface area contributed by atoms with Gasteiger partial charge in [0, 0.05) is 8.96 Å². The van der Waals surface area contributed by atoms with Crippen LogP contribution in [0.5, 0.6) is 0 Å². The van der Waals surface area contributed by atoms with Crippen molar-refractivity contribution < 1.29 is 9.90 Å². The predicted molar refractivity (Wildman–Crippen MR) is 66.4 cm³/mol. The van der Waals surface area contributed by atoms with Gasteiger partial charge in [-0.15, -0.1) is 0 Å². The molecular formula is C10H5ClINO2. The molecule has 0 saturated heterocycles. The molecule has 1 heterocycles. The van der Waals surface area contributed by atoms with Crippen molar-refractivity contribution in [2.75, 3.05) is 0 Å². The molecule has 3 nitrogen and oxygen atoms in total. The molecule has 0 saturated carbocycles. The highest BCUT2D eigenvalue weighted by Gasteiger charge is 2.11. The topological polar surface area (TPSA) is 50.2 Å². The zero-order chi connectivity index (χ0) is 11.0. The highest BCUT2D eigenvalue weighted by Crippen LogP contribution is 2.22. The number of aromatic nitrogens is 1. The highest BCUT2D eigenvalue weighted by atomic mass is 127. The second-order valence-corrected chi connectivity index (χ2v) is 4.59. The molecule has 0 amide bonds. The van der Waals surface area contributed by atoms with E-state index in [0.29, 0.717) is 10.9 Å². The lowest BCUT2D eigenvalue weighted by Gasteiger charge is -2.03. The molecule has 0 bridgehead atoms. The number of hydrogen-bond donors (Lipinski definition) is 1. The van der Waals surface area contributed by atoms with Crippen molar-refractivity contribution in [3.05, 3.63) is 38.6 Å². The third kappa shape index (κ3) is 2.05. The van der Waals surface area contributed by atoms with E-state index in [1.165, 1.54) is 6.07 Å². The van der Waals surface area contributed by atoms with Gasteiger partial charge in [-0.3, -0.25) is 0 Å². The average molecular weight is 334 g/mol. The molecule has 1 N–H and O–H groups in total. The second kappa shape index (κ2) is 3.94. The van der Waals surface area contributed by atoms with Crippen LogP contribution in [-0.4, -0.2) is 16.1 Å². The summed E-state index contributed by atoms with van der Waals surface area (Å²) in [5.74, 6) is -0.994. The van der Waals surface area contributed by atoms with Crippen molar-refractivity contribution in [3.63, 3.8) is 0 Å². The number of carboxylic acid groups (broad SMARTS) is 1. The van der Waals surface area contributed by atoms with Gasteiger partial charge >= 0.3 is 5.97 Å². The van der Waals surface area contributed by atoms with Crippen LogP contribution in [0.3, 0.4) is 0 Å². The fourth-order valence-electron chi connectivity index (χ4n) is 1.34. The Morgan fingerprint density at radius 1 is 1.40 bits per heavy atom. The van der Waals surface area contributed by atoms with E-state index in [9.17, 15) is 4.79 Å². The normalized spacial score (nSPS) is 10.5. The Labute approximate surface area is 104 Å².